The molecule has 1 N–H and O–H groups in total. The first kappa shape index (κ1) is 19.3. The molecular formula is C24H20N4O2. The summed E-state index contributed by atoms with van der Waals surface area (Å²) in [6.07, 6.45) is 3.44. The molecule has 2 aromatic heterocycles. The maximum atomic E-state index is 12.8. The number of carbonyl (C=O) groups excluding carboxylic acids is 2. The van der Waals surface area contributed by atoms with Gasteiger partial charge in [-0.1, -0.05) is 17.7 Å². The maximum absolute atomic E-state index is 12.8. The molecule has 2 aromatic carbocycles. The summed E-state index contributed by atoms with van der Waals surface area (Å²) in [6.45, 7) is 3.52. The quantitative estimate of drug-likeness (QED) is 0.496. The summed E-state index contributed by atoms with van der Waals surface area (Å²) < 4.78 is 1.74. The second-order valence-electron chi connectivity index (χ2n) is 6.99. The van der Waals surface area contributed by atoms with Gasteiger partial charge in [0.2, 0.25) is 0 Å². The summed E-state index contributed by atoms with van der Waals surface area (Å²) in [7, 11) is 0. The number of hydrogen-bond acceptors (Lipinski definition) is 4. The Bertz CT molecular complexity index is 1190. The van der Waals surface area contributed by atoms with E-state index in [-0.39, 0.29) is 17.4 Å². The first-order valence-electron chi connectivity index (χ1n) is 9.51. The Morgan fingerprint density at radius 3 is 2.33 bits per heavy atom. The van der Waals surface area contributed by atoms with E-state index in [9.17, 15) is 9.59 Å². The van der Waals surface area contributed by atoms with Crippen LogP contribution in [0, 0.1) is 6.92 Å². The average Bonchev–Trinajstić information content (AvgIpc) is 3.21. The third kappa shape index (κ3) is 4.03. The number of nitrogens with one attached hydrogen (secondary N) is 1. The van der Waals surface area contributed by atoms with Crippen LogP contribution in [0.3, 0.4) is 0 Å². The fraction of sp³-hybridized carbons (Fsp3) is 0.0833. The highest BCUT2D eigenvalue weighted by molar-refractivity contribution is 6.04. The van der Waals surface area contributed by atoms with E-state index in [1.165, 1.54) is 6.92 Å². The minimum atomic E-state index is -0.332. The van der Waals surface area contributed by atoms with Crippen LogP contribution in [0.2, 0.25) is 0 Å². The van der Waals surface area contributed by atoms with Crippen molar-refractivity contribution in [3.8, 4) is 16.9 Å². The van der Waals surface area contributed by atoms with Gasteiger partial charge in [0.1, 0.15) is 0 Å². The van der Waals surface area contributed by atoms with Gasteiger partial charge in [-0.2, -0.15) is 5.10 Å². The largest absolute Gasteiger partial charge is 0.321 e. The Kier molecular flexibility index (Phi) is 5.22. The normalized spacial score (nSPS) is 10.6. The van der Waals surface area contributed by atoms with Crippen LogP contribution in [0.1, 0.15) is 33.3 Å². The summed E-state index contributed by atoms with van der Waals surface area (Å²) in [6, 6.07) is 20.2. The van der Waals surface area contributed by atoms with Crippen LogP contribution < -0.4 is 5.32 Å². The number of rotatable bonds is 5. The molecule has 0 radical (unpaired) electrons. The number of aryl methyl sites for hydroxylation is 1. The maximum Gasteiger partial charge on any atom is 0.276 e. The molecule has 2 heterocycles. The van der Waals surface area contributed by atoms with Crippen molar-refractivity contribution in [3.63, 3.8) is 0 Å². The molecule has 30 heavy (non-hydrogen) atoms. The van der Waals surface area contributed by atoms with E-state index in [1.807, 2.05) is 43.3 Å². The number of benzene rings is 2. The Morgan fingerprint density at radius 2 is 1.70 bits per heavy atom. The van der Waals surface area contributed by atoms with Gasteiger partial charge in [-0.15, -0.1) is 0 Å². The van der Waals surface area contributed by atoms with E-state index in [2.05, 4.69) is 15.4 Å². The number of aromatic nitrogens is 3. The lowest BCUT2D eigenvalue weighted by Gasteiger charge is -2.07. The van der Waals surface area contributed by atoms with Gasteiger partial charge in [-0.3, -0.25) is 14.6 Å². The number of carbonyl (C=O) groups is 2. The molecule has 4 aromatic rings. The van der Waals surface area contributed by atoms with Crippen molar-refractivity contribution in [2.24, 2.45) is 0 Å². The summed E-state index contributed by atoms with van der Waals surface area (Å²) in [5.41, 5.74) is 5.09. The lowest BCUT2D eigenvalue weighted by Crippen LogP contribution is -2.13. The number of pyridine rings is 1. The van der Waals surface area contributed by atoms with Gasteiger partial charge in [0, 0.05) is 29.2 Å². The van der Waals surface area contributed by atoms with Crippen molar-refractivity contribution in [1.29, 1.82) is 0 Å². The van der Waals surface area contributed by atoms with Gasteiger partial charge < -0.3 is 5.32 Å². The molecule has 0 unspecified atom stereocenters. The zero-order valence-corrected chi connectivity index (χ0v) is 16.7. The molecular weight excluding hydrogens is 376 g/mol. The van der Waals surface area contributed by atoms with Crippen LogP contribution in [0.15, 0.2) is 79.1 Å². The number of ketones is 1. The Morgan fingerprint density at radius 1 is 0.967 bits per heavy atom. The predicted molar refractivity (Wildman–Crippen MR) is 116 cm³/mol. The Balaban J connectivity index is 1.69. The standard InChI is InChI=1S/C24H20N4O2/c1-16-5-11-21(12-6-16)28-23(19-4-3-13-25-15-19)14-22(27-28)24(30)26-20-9-7-18(8-10-20)17(2)29/h3-15H,1-2H3,(H,26,30). The van der Waals surface area contributed by atoms with E-state index in [4.69, 9.17) is 0 Å². The van der Waals surface area contributed by atoms with Crippen molar-refractivity contribution in [2.45, 2.75) is 13.8 Å². The summed E-state index contributed by atoms with van der Waals surface area (Å²) in [5.74, 6) is -0.354. The number of Topliss-reactive ketones (excluding diaryl/α,β-unsaturated/α-hetero) is 1. The van der Waals surface area contributed by atoms with Crippen molar-refractivity contribution in [1.82, 2.24) is 14.8 Å². The van der Waals surface area contributed by atoms with E-state index >= 15 is 0 Å². The van der Waals surface area contributed by atoms with Crippen molar-refractivity contribution < 1.29 is 9.59 Å². The fourth-order valence-electron chi connectivity index (χ4n) is 3.08. The number of nitrogens with zero attached hydrogens (tertiary/aromatic N) is 3. The van der Waals surface area contributed by atoms with Gasteiger partial charge >= 0.3 is 0 Å². The molecule has 4 rings (SSSR count). The molecule has 0 atom stereocenters. The first-order valence-corrected chi connectivity index (χ1v) is 9.51. The van der Waals surface area contributed by atoms with Crippen molar-refractivity contribution in [2.75, 3.05) is 5.32 Å². The summed E-state index contributed by atoms with van der Waals surface area (Å²) in [4.78, 5) is 28.5. The van der Waals surface area contributed by atoms with Gasteiger partial charge in [-0.25, -0.2) is 4.68 Å². The van der Waals surface area contributed by atoms with Gasteiger partial charge in [0.05, 0.1) is 11.4 Å². The van der Waals surface area contributed by atoms with Crippen molar-refractivity contribution in [3.05, 3.63) is 95.9 Å². The molecule has 1 amide bonds. The van der Waals surface area contributed by atoms with Crippen LogP contribution in [-0.4, -0.2) is 26.5 Å². The lowest BCUT2D eigenvalue weighted by atomic mass is 10.1. The molecule has 0 aliphatic heterocycles. The summed E-state index contributed by atoms with van der Waals surface area (Å²) in [5, 5.41) is 7.39. The number of hydrogen-bond donors (Lipinski definition) is 1. The average molecular weight is 396 g/mol. The smallest absolute Gasteiger partial charge is 0.276 e. The molecule has 0 aliphatic rings. The Labute approximate surface area is 174 Å². The highest BCUT2D eigenvalue weighted by Gasteiger charge is 2.17. The highest BCUT2D eigenvalue weighted by Crippen LogP contribution is 2.24. The zero-order chi connectivity index (χ0) is 21.1. The number of anilines is 1. The molecule has 0 saturated carbocycles. The number of amides is 1. The molecule has 6 heteroatoms. The SMILES string of the molecule is CC(=O)c1ccc(NC(=O)c2cc(-c3cccnc3)n(-c3ccc(C)cc3)n2)cc1. The minimum absolute atomic E-state index is 0.0224. The van der Waals surface area contributed by atoms with Crippen molar-refractivity contribution >= 4 is 17.4 Å². The van der Waals surface area contributed by atoms with E-state index in [0.29, 0.717) is 11.3 Å². The molecule has 0 saturated heterocycles. The topological polar surface area (TPSA) is 76.9 Å². The van der Waals surface area contributed by atoms with Crippen LogP contribution in [0.25, 0.3) is 16.9 Å². The van der Waals surface area contributed by atoms with Gasteiger partial charge in [-0.05, 0) is 68.4 Å². The minimum Gasteiger partial charge on any atom is -0.321 e. The first-order chi connectivity index (χ1) is 14.5. The van der Waals surface area contributed by atoms with Gasteiger partial charge in [0.15, 0.2) is 11.5 Å². The molecule has 0 spiro atoms. The second-order valence-corrected chi connectivity index (χ2v) is 6.99. The molecule has 6 nitrogen and oxygen atoms in total. The van der Waals surface area contributed by atoms with Gasteiger partial charge in [0.25, 0.3) is 5.91 Å². The molecule has 0 aliphatic carbocycles. The summed E-state index contributed by atoms with van der Waals surface area (Å²) >= 11 is 0. The fourth-order valence-corrected chi connectivity index (χ4v) is 3.08. The third-order valence-corrected chi connectivity index (χ3v) is 4.73. The van der Waals surface area contributed by atoms with Crippen LogP contribution >= 0.6 is 0 Å². The molecule has 0 bridgehead atoms. The monoisotopic (exact) mass is 396 g/mol. The molecule has 148 valence electrons. The van der Waals surface area contributed by atoms with Crippen LogP contribution in [-0.2, 0) is 0 Å². The Hall–Kier alpha value is -4.06. The van der Waals surface area contributed by atoms with E-state index in [1.54, 1.807) is 47.4 Å². The van der Waals surface area contributed by atoms with Crippen LogP contribution in [0.5, 0.6) is 0 Å². The predicted octanol–water partition coefficient (Wildman–Crippen LogP) is 4.70. The van der Waals surface area contributed by atoms with E-state index < -0.39 is 0 Å². The highest BCUT2D eigenvalue weighted by atomic mass is 16.2. The molecule has 0 fully saturated rings. The van der Waals surface area contributed by atoms with Crippen LogP contribution in [0.4, 0.5) is 5.69 Å². The third-order valence-electron chi connectivity index (χ3n) is 4.73. The second kappa shape index (κ2) is 8.13. The zero-order valence-electron chi connectivity index (χ0n) is 16.7. The van der Waals surface area contributed by atoms with E-state index in [0.717, 1.165) is 22.5 Å². The lowest BCUT2D eigenvalue weighted by molar-refractivity contribution is 0.101.